The molecule has 1 aromatic carbocycles. The summed E-state index contributed by atoms with van der Waals surface area (Å²) in [7, 11) is 0. The summed E-state index contributed by atoms with van der Waals surface area (Å²) in [6.45, 7) is 2.04. The van der Waals surface area contributed by atoms with E-state index in [9.17, 15) is 4.79 Å². The highest BCUT2D eigenvalue weighted by Gasteiger charge is 2.13. The smallest absolute Gasteiger partial charge is 0.219 e. The summed E-state index contributed by atoms with van der Waals surface area (Å²) in [5.74, 6) is -0.370. The molecular weight excluding hydrogens is 200 g/mol. The Morgan fingerprint density at radius 2 is 2.00 bits per heavy atom. The van der Waals surface area contributed by atoms with Gasteiger partial charge in [-0.1, -0.05) is 43.3 Å². The van der Waals surface area contributed by atoms with Gasteiger partial charge in [-0.2, -0.15) is 0 Å². The second-order valence-corrected chi connectivity index (χ2v) is 3.71. The van der Waals surface area contributed by atoms with E-state index >= 15 is 0 Å². The zero-order chi connectivity index (χ0) is 12.0. The van der Waals surface area contributed by atoms with Gasteiger partial charge in [-0.3, -0.25) is 4.79 Å². The zero-order valence-electron chi connectivity index (χ0n) is 9.52. The summed E-state index contributed by atoms with van der Waals surface area (Å²) in [5.41, 5.74) is 13.2. The number of hydrogen-bond acceptors (Lipinski definition) is 2. The van der Waals surface area contributed by atoms with Crippen molar-refractivity contribution >= 4 is 11.5 Å². The first-order chi connectivity index (χ1) is 7.65. The van der Waals surface area contributed by atoms with Gasteiger partial charge in [-0.15, -0.1) is 0 Å². The van der Waals surface area contributed by atoms with Crippen molar-refractivity contribution in [2.45, 2.75) is 25.8 Å². The molecule has 0 fully saturated rings. The molecule has 0 aromatic heterocycles. The number of nitrogens with two attached hydrogens (primary N) is 2. The molecule has 1 aromatic rings. The van der Waals surface area contributed by atoms with E-state index in [1.165, 1.54) is 0 Å². The first-order valence-corrected chi connectivity index (χ1v) is 5.44. The van der Waals surface area contributed by atoms with E-state index in [0.29, 0.717) is 0 Å². The minimum Gasteiger partial charge on any atom is -0.370 e. The lowest BCUT2D eigenvalue weighted by atomic mass is 9.96. The predicted molar refractivity (Wildman–Crippen MR) is 66.5 cm³/mol. The summed E-state index contributed by atoms with van der Waals surface area (Å²) in [5, 5.41) is 0. The van der Waals surface area contributed by atoms with E-state index in [-0.39, 0.29) is 18.4 Å². The largest absolute Gasteiger partial charge is 0.370 e. The van der Waals surface area contributed by atoms with Crippen molar-refractivity contribution < 1.29 is 4.79 Å². The molecule has 0 saturated heterocycles. The van der Waals surface area contributed by atoms with Crippen LogP contribution in [0.25, 0.3) is 5.57 Å². The fourth-order valence-corrected chi connectivity index (χ4v) is 1.66. The van der Waals surface area contributed by atoms with Gasteiger partial charge in [0.1, 0.15) is 0 Å². The number of amides is 1. The standard InChI is InChI=1S/C13H18N2O/c1-2-6-11(12(14)9-13(15)16)10-7-4-3-5-8-10/h3-8,12H,2,9,14H2,1H3,(H2,15,16)/b11-6+. The Morgan fingerprint density at radius 3 is 2.50 bits per heavy atom. The van der Waals surface area contributed by atoms with Gasteiger partial charge in [0.2, 0.25) is 5.91 Å². The second kappa shape index (κ2) is 6.08. The Bertz CT molecular complexity index is 371. The lowest BCUT2D eigenvalue weighted by Gasteiger charge is -2.15. The number of carbonyl (C=O) groups is 1. The lowest BCUT2D eigenvalue weighted by Crippen LogP contribution is -2.28. The fourth-order valence-electron chi connectivity index (χ4n) is 1.66. The van der Waals surface area contributed by atoms with Gasteiger partial charge < -0.3 is 11.5 Å². The van der Waals surface area contributed by atoms with Crippen LogP contribution in [0, 0.1) is 0 Å². The highest BCUT2D eigenvalue weighted by molar-refractivity contribution is 5.79. The topological polar surface area (TPSA) is 69.1 Å². The third-order valence-corrected chi connectivity index (χ3v) is 2.35. The molecular formula is C13H18N2O. The van der Waals surface area contributed by atoms with Crippen molar-refractivity contribution in [3.63, 3.8) is 0 Å². The maximum atomic E-state index is 10.9. The van der Waals surface area contributed by atoms with Gasteiger partial charge in [0.25, 0.3) is 0 Å². The van der Waals surface area contributed by atoms with Crippen LogP contribution in [-0.4, -0.2) is 11.9 Å². The van der Waals surface area contributed by atoms with Crippen LogP contribution in [-0.2, 0) is 4.79 Å². The third-order valence-electron chi connectivity index (χ3n) is 2.35. The average Bonchev–Trinajstić information content (AvgIpc) is 2.26. The van der Waals surface area contributed by atoms with Gasteiger partial charge in [-0.05, 0) is 17.6 Å². The second-order valence-electron chi connectivity index (χ2n) is 3.71. The van der Waals surface area contributed by atoms with Crippen LogP contribution in [0.15, 0.2) is 36.4 Å². The average molecular weight is 218 g/mol. The van der Waals surface area contributed by atoms with E-state index in [0.717, 1.165) is 17.6 Å². The third kappa shape index (κ3) is 3.51. The Hall–Kier alpha value is -1.61. The highest BCUT2D eigenvalue weighted by Crippen LogP contribution is 2.19. The van der Waals surface area contributed by atoms with Crippen molar-refractivity contribution in [2.75, 3.05) is 0 Å². The van der Waals surface area contributed by atoms with Gasteiger partial charge in [0.05, 0.1) is 0 Å². The van der Waals surface area contributed by atoms with E-state index in [2.05, 4.69) is 0 Å². The molecule has 1 rings (SSSR count). The minimum atomic E-state index is -0.370. The molecule has 86 valence electrons. The molecule has 0 radical (unpaired) electrons. The molecule has 1 amide bonds. The highest BCUT2D eigenvalue weighted by atomic mass is 16.1. The Balaban J connectivity index is 2.92. The number of carbonyl (C=O) groups excluding carboxylic acids is 1. The Kier molecular flexibility index (Phi) is 4.73. The Morgan fingerprint density at radius 1 is 1.38 bits per heavy atom. The molecule has 3 heteroatoms. The van der Waals surface area contributed by atoms with Crippen LogP contribution in [0.5, 0.6) is 0 Å². The van der Waals surface area contributed by atoms with Crippen LogP contribution >= 0.6 is 0 Å². The van der Waals surface area contributed by atoms with Crippen molar-refractivity contribution in [1.29, 1.82) is 0 Å². The van der Waals surface area contributed by atoms with Crippen LogP contribution in [0.2, 0.25) is 0 Å². The number of benzene rings is 1. The van der Waals surface area contributed by atoms with E-state index < -0.39 is 0 Å². The quantitative estimate of drug-likeness (QED) is 0.789. The van der Waals surface area contributed by atoms with Crippen molar-refractivity contribution in [3.05, 3.63) is 42.0 Å². The van der Waals surface area contributed by atoms with Gasteiger partial charge in [0.15, 0.2) is 0 Å². The van der Waals surface area contributed by atoms with E-state index in [4.69, 9.17) is 11.5 Å². The van der Waals surface area contributed by atoms with E-state index in [1.807, 2.05) is 43.3 Å². The lowest BCUT2D eigenvalue weighted by molar-refractivity contribution is -0.118. The van der Waals surface area contributed by atoms with Crippen LogP contribution in [0.4, 0.5) is 0 Å². The predicted octanol–water partition coefficient (Wildman–Crippen LogP) is 1.68. The summed E-state index contributed by atoms with van der Waals surface area (Å²) in [6, 6.07) is 9.52. The summed E-state index contributed by atoms with van der Waals surface area (Å²) in [6.07, 6.45) is 3.11. The maximum absolute atomic E-state index is 10.9. The SMILES string of the molecule is CC/C=C(\c1ccccc1)C(N)CC(N)=O. The first kappa shape index (κ1) is 12.5. The summed E-state index contributed by atoms with van der Waals surface area (Å²) >= 11 is 0. The maximum Gasteiger partial charge on any atom is 0.219 e. The monoisotopic (exact) mass is 218 g/mol. The molecule has 0 aliphatic carbocycles. The molecule has 0 bridgehead atoms. The normalized spacial score (nSPS) is 13.5. The molecule has 0 aliphatic heterocycles. The van der Waals surface area contributed by atoms with Gasteiger partial charge >= 0.3 is 0 Å². The first-order valence-electron chi connectivity index (χ1n) is 5.44. The Labute approximate surface area is 96.1 Å². The molecule has 0 spiro atoms. The number of primary amides is 1. The summed E-state index contributed by atoms with van der Waals surface area (Å²) < 4.78 is 0. The van der Waals surface area contributed by atoms with Crippen LogP contribution in [0.3, 0.4) is 0 Å². The molecule has 1 unspecified atom stereocenters. The molecule has 0 saturated carbocycles. The molecule has 16 heavy (non-hydrogen) atoms. The summed E-state index contributed by atoms with van der Waals surface area (Å²) in [4.78, 5) is 10.9. The van der Waals surface area contributed by atoms with Gasteiger partial charge in [0, 0.05) is 12.5 Å². The van der Waals surface area contributed by atoms with Crippen molar-refractivity contribution in [1.82, 2.24) is 0 Å². The zero-order valence-corrected chi connectivity index (χ0v) is 9.52. The van der Waals surface area contributed by atoms with Gasteiger partial charge in [-0.25, -0.2) is 0 Å². The molecule has 3 nitrogen and oxygen atoms in total. The molecule has 4 N–H and O–H groups in total. The van der Waals surface area contributed by atoms with Crippen molar-refractivity contribution in [3.8, 4) is 0 Å². The fraction of sp³-hybridized carbons (Fsp3) is 0.308. The number of rotatable bonds is 5. The van der Waals surface area contributed by atoms with Crippen molar-refractivity contribution in [2.24, 2.45) is 11.5 Å². The number of hydrogen-bond donors (Lipinski definition) is 2. The van der Waals surface area contributed by atoms with Crippen LogP contribution < -0.4 is 11.5 Å². The molecule has 1 atom stereocenters. The molecule has 0 aliphatic rings. The van der Waals surface area contributed by atoms with E-state index in [1.54, 1.807) is 0 Å². The minimum absolute atomic E-state index is 0.181. The number of allylic oxidation sites excluding steroid dienone is 1. The van der Waals surface area contributed by atoms with Crippen LogP contribution in [0.1, 0.15) is 25.3 Å². The molecule has 0 heterocycles.